The first-order chi connectivity index (χ1) is 10.4. The molecule has 22 heavy (non-hydrogen) atoms. The number of aromatic nitrogens is 1. The highest BCUT2D eigenvalue weighted by atomic mass is 32.2. The molecule has 1 aromatic heterocycles. The van der Waals surface area contributed by atoms with Crippen LogP contribution in [0.25, 0.3) is 0 Å². The lowest BCUT2D eigenvalue weighted by molar-refractivity contribution is -0.0258. The second-order valence-electron chi connectivity index (χ2n) is 4.34. The van der Waals surface area contributed by atoms with Crippen molar-refractivity contribution in [2.45, 2.75) is 4.90 Å². The summed E-state index contributed by atoms with van der Waals surface area (Å²) in [6.07, 6.45) is 1.78. The smallest absolute Gasteiger partial charge is 0.279 e. The zero-order chi connectivity index (χ0) is 16.3. The van der Waals surface area contributed by atoms with Crippen molar-refractivity contribution in [2.75, 3.05) is 14.2 Å². The van der Waals surface area contributed by atoms with E-state index in [-0.39, 0.29) is 10.5 Å². The number of rotatable bonds is 4. The van der Waals surface area contributed by atoms with E-state index in [1.807, 2.05) is 0 Å². The zero-order valence-electron chi connectivity index (χ0n) is 12.3. The van der Waals surface area contributed by atoms with Crippen LogP contribution in [-0.4, -0.2) is 37.5 Å². The Morgan fingerprint density at radius 1 is 1.41 bits per heavy atom. The molecule has 0 spiro atoms. The monoisotopic (exact) mass is 341 g/mol. The summed E-state index contributed by atoms with van der Waals surface area (Å²) in [6.45, 7) is 0. The van der Waals surface area contributed by atoms with Crippen LogP contribution in [0, 0.1) is 0 Å². The molecule has 0 aliphatic rings. The molecule has 9 heteroatoms. The van der Waals surface area contributed by atoms with Crippen LogP contribution in [0.4, 0.5) is 0 Å². The molecule has 0 unspecified atom stereocenters. The second-order valence-corrected chi connectivity index (χ2v) is 7.15. The molecule has 0 fully saturated rings. The molecule has 1 aromatic carbocycles. The van der Waals surface area contributed by atoms with Gasteiger partial charge in [0.05, 0.1) is 12.0 Å². The maximum Gasteiger partial charge on any atom is 0.279 e. The summed E-state index contributed by atoms with van der Waals surface area (Å²) in [7, 11) is 0.501. The summed E-state index contributed by atoms with van der Waals surface area (Å²) in [5, 5.41) is 1.81. The highest BCUT2D eigenvalue weighted by Crippen LogP contribution is 2.16. The van der Waals surface area contributed by atoms with E-state index < -0.39 is 15.9 Å². The van der Waals surface area contributed by atoms with Crippen LogP contribution >= 0.6 is 11.3 Å². The fourth-order valence-corrected chi connectivity index (χ4v) is 3.37. The number of hydrogen-bond acceptors (Lipinski definition) is 5. The number of aryl methyl sites for hydroxylation is 1. The Morgan fingerprint density at radius 2 is 2.14 bits per heavy atom. The molecule has 118 valence electrons. The zero-order valence-corrected chi connectivity index (χ0v) is 13.9. The molecule has 0 saturated heterocycles. The average Bonchev–Trinajstić information content (AvgIpc) is 2.91. The van der Waals surface area contributed by atoms with Crippen molar-refractivity contribution in [3.63, 3.8) is 0 Å². The van der Waals surface area contributed by atoms with E-state index >= 15 is 0 Å². The van der Waals surface area contributed by atoms with E-state index in [0.29, 0.717) is 4.80 Å². The highest BCUT2D eigenvalue weighted by Gasteiger charge is 2.21. The number of nitrogens with zero attached hydrogens (tertiary/aromatic N) is 3. The molecule has 0 atom stereocenters. The lowest BCUT2D eigenvalue weighted by Crippen LogP contribution is -2.25. The predicted molar refractivity (Wildman–Crippen MR) is 81.6 cm³/mol. The van der Waals surface area contributed by atoms with Crippen molar-refractivity contribution in [1.29, 1.82) is 0 Å². The van der Waals surface area contributed by atoms with Crippen LogP contribution in [0.1, 0.15) is 10.4 Å². The molecule has 2 aromatic rings. The molecule has 0 aliphatic carbocycles. The van der Waals surface area contributed by atoms with Gasteiger partial charge in [-0.15, -0.1) is 11.3 Å². The van der Waals surface area contributed by atoms with Crippen molar-refractivity contribution in [3.8, 4) is 0 Å². The molecule has 0 bridgehead atoms. The van der Waals surface area contributed by atoms with Gasteiger partial charge in [0, 0.05) is 31.2 Å². The van der Waals surface area contributed by atoms with E-state index in [4.69, 9.17) is 4.84 Å². The first kappa shape index (κ1) is 16.6. The van der Waals surface area contributed by atoms with Crippen LogP contribution in [-0.2, 0) is 21.9 Å². The van der Waals surface area contributed by atoms with E-state index in [9.17, 15) is 13.2 Å². The molecule has 0 N–H and O–H groups in total. The molecule has 1 heterocycles. The van der Waals surface area contributed by atoms with Gasteiger partial charge in [0.2, 0.25) is 0 Å². The molecular formula is C13H15N3O4S2. The van der Waals surface area contributed by atoms with Crippen molar-refractivity contribution < 1.29 is 18.0 Å². The maximum absolute atomic E-state index is 12.2. The van der Waals surface area contributed by atoms with Crippen molar-refractivity contribution >= 4 is 27.3 Å². The minimum atomic E-state index is -3.80. The van der Waals surface area contributed by atoms with Gasteiger partial charge in [0.15, 0.2) is 4.80 Å². The quantitative estimate of drug-likeness (QED) is 0.777. The Hall–Kier alpha value is -1.81. The predicted octanol–water partition coefficient (Wildman–Crippen LogP) is 1.01. The Kier molecular flexibility index (Phi) is 4.91. The van der Waals surface area contributed by atoms with Gasteiger partial charge in [-0.25, -0.2) is 8.42 Å². The number of thiazole rings is 1. The number of benzene rings is 1. The van der Waals surface area contributed by atoms with E-state index in [0.717, 1.165) is 4.47 Å². The third kappa shape index (κ3) is 3.33. The van der Waals surface area contributed by atoms with Gasteiger partial charge in [-0.2, -0.15) is 4.99 Å². The summed E-state index contributed by atoms with van der Waals surface area (Å²) in [5.74, 6) is -0.504. The standard InChI is InChI=1S/C13H15N3O4S2/c1-15-7-8-21-13(15)14-12(17)10-5-4-6-11(9-10)22(18,19)16(2)20-3/h4-9H,1-3H3. The third-order valence-corrected chi connectivity index (χ3v) is 5.45. The molecular weight excluding hydrogens is 326 g/mol. The molecule has 0 aliphatic heterocycles. The van der Waals surface area contributed by atoms with Gasteiger partial charge in [0.1, 0.15) is 0 Å². The average molecular weight is 341 g/mol. The number of amides is 1. The topological polar surface area (TPSA) is 81.0 Å². The minimum absolute atomic E-state index is 0.0338. The maximum atomic E-state index is 12.2. The number of sulfonamides is 1. The summed E-state index contributed by atoms with van der Waals surface area (Å²) in [5.41, 5.74) is 0.193. The van der Waals surface area contributed by atoms with Crippen LogP contribution in [0.5, 0.6) is 0 Å². The second kappa shape index (κ2) is 6.53. The Balaban J connectivity index is 2.42. The van der Waals surface area contributed by atoms with Gasteiger partial charge in [-0.05, 0) is 18.2 Å². The van der Waals surface area contributed by atoms with Gasteiger partial charge in [-0.1, -0.05) is 10.5 Å². The summed E-state index contributed by atoms with van der Waals surface area (Å²) >= 11 is 1.32. The molecule has 0 radical (unpaired) electrons. The minimum Gasteiger partial charge on any atom is -0.327 e. The summed E-state index contributed by atoms with van der Waals surface area (Å²) < 4.78 is 26.8. The fourth-order valence-electron chi connectivity index (χ4n) is 1.62. The van der Waals surface area contributed by atoms with E-state index in [1.54, 1.807) is 23.2 Å². The summed E-state index contributed by atoms with van der Waals surface area (Å²) in [4.78, 5) is 21.4. The van der Waals surface area contributed by atoms with Gasteiger partial charge in [-0.3, -0.25) is 9.63 Å². The first-order valence-electron chi connectivity index (χ1n) is 6.18. The molecule has 7 nitrogen and oxygen atoms in total. The van der Waals surface area contributed by atoms with E-state index in [2.05, 4.69) is 4.99 Å². The Labute approximate surface area is 132 Å². The van der Waals surface area contributed by atoms with Crippen LogP contribution in [0.3, 0.4) is 0 Å². The number of carbonyl (C=O) groups is 1. The van der Waals surface area contributed by atoms with Gasteiger partial charge < -0.3 is 4.57 Å². The number of carbonyl (C=O) groups excluding carboxylic acids is 1. The number of hydroxylamine groups is 1. The largest absolute Gasteiger partial charge is 0.327 e. The van der Waals surface area contributed by atoms with Gasteiger partial charge in [0.25, 0.3) is 15.9 Å². The number of hydrogen-bond donors (Lipinski definition) is 0. The third-order valence-electron chi connectivity index (χ3n) is 2.93. The van der Waals surface area contributed by atoms with Crippen LogP contribution in [0.2, 0.25) is 0 Å². The van der Waals surface area contributed by atoms with Crippen LogP contribution < -0.4 is 4.80 Å². The van der Waals surface area contributed by atoms with Crippen molar-refractivity contribution in [2.24, 2.45) is 12.0 Å². The molecule has 1 amide bonds. The Morgan fingerprint density at radius 3 is 2.73 bits per heavy atom. The van der Waals surface area contributed by atoms with E-state index in [1.165, 1.54) is 49.8 Å². The molecule has 0 saturated carbocycles. The normalized spacial score (nSPS) is 12.8. The highest BCUT2D eigenvalue weighted by molar-refractivity contribution is 7.89. The lowest BCUT2D eigenvalue weighted by Gasteiger charge is -2.14. The SMILES string of the molecule is CON(C)S(=O)(=O)c1cccc(C(=O)N=c2sccn2C)c1. The van der Waals surface area contributed by atoms with Crippen molar-refractivity contribution in [1.82, 2.24) is 9.04 Å². The lowest BCUT2D eigenvalue weighted by atomic mass is 10.2. The molecule has 2 rings (SSSR count). The van der Waals surface area contributed by atoms with Crippen LogP contribution in [0.15, 0.2) is 45.7 Å². The Bertz CT molecular complexity index is 852. The summed E-state index contributed by atoms with van der Waals surface area (Å²) in [6, 6.07) is 5.69. The van der Waals surface area contributed by atoms with Crippen molar-refractivity contribution in [3.05, 3.63) is 46.2 Å². The first-order valence-corrected chi connectivity index (χ1v) is 8.50. The van der Waals surface area contributed by atoms with Gasteiger partial charge >= 0.3 is 0 Å². The fraction of sp³-hybridized carbons (Fsp3) is 0.231.